The maximum absolute atomic E-state index is 12.7. The Morgan fingerprint density at radius 2 is 2.20 bits per heavy atom. The van der Waals surface area contributed by atoms with Crippen molar-refractivity contribution in [2.24, 2.45) is 0 Å². The van der Waals surface area contributed by atoms with Crippen LogP contribution in [-0.2, 0) is 10.0 Å². The van der Waals surface area contributed by atoms with Gasteiger partial charge in [0.1, 0.15) is 4.90 Å². The number of aliphatic hydroxyl groups excluding tert-OH is 1. The summed E-state index contributed by atoms with van der Waals surface area (Å²) in [7, 11) is -3.55. The molecule has 1 unspecified atom stereocenters. The molecule has 1 aromatic carbocycles. The highest BCUT2D eigenvalue weighted by Gasteiger charge is 2.35. The average molecular weight is 318 g/mol. The van der Waals surface area contributed by atoms with E-state index in [0.29, 0.717) is 19.4 Å². The lowest BCUT2D eigenvalue weighted by Gasteiger charge is -2.24. The zero-order valence-electron chi connectivity index (χ0n) is 11.5. The van der Waals surface area contributed by atoms with Gasteiger partial charge in [0.25, 0.3) is 0 Å². The molecule has 1 fully saturated rings. The summed E-state index contributed by atoms with van der Waals surface area (Å²) in [5.41, 5.74) is 0.937. The zero-order chi connectivity index (χ0) is 14.8. The Kier molecular flexibility index (Phi) is 5.07. The summed E-state index contributed by atoms with van der Waals surface area (Å²) in [5.74, 6) is 0. The van der Waals surface area contributed by atoms with Crippen LogP contribution in [0.1, 0.15) is 31.2 Å². The topological polar surface area (TPSA) is 57.6 Å². The number of hydrogen-bond acceptors (Lipinski definition) is 3. The minimum atomic E-state index is -3.55. The van der Waals surface area contributed by atoms with Crippen molar-refractivity contribution in [3.8, 4) is 0 Å². The number of aryl methyl sites for hydroxylation is 1. The van der Waals surface area contributed by atoms with E-state index in [9.17, 15) is 8.42 Å². The van der Waals surface area contributed by atoms with Crippen molar-refractivity contribution < 1.29 is 13.5 Å². The van der Waals surface area contributed by atoms with E-state index in [-0.39, 0.29) is 22.6 Å². The van der Waals surface area contributed by atoms with Crippen LogP contribution in [0.2, 0.25) is 5.02 Å². The van der Waals surface area contributed by atoms with Gasteiger partial charge in [0, 0.05) is 19.2 Å². The molecule has 0 radical (unpaired) electrons. The number of hydrogen-bond donors (Lipinski definition) is 1. The number of rotatable bonds is 5. The molecule has 1 N–H and O–H groups in total. The van der Waals surface area contributed by atoms with E-state index in [4.69, 9.17) is 16.7 Å². The van der Waals surface area contributed by atoms with Gasteiger partial charge < -0.3 is 5.11 Å². The van der Waals surface area contributed by atoms with Gasteiger partial charge in [-0.15, -0.1) is 0 Å². The summed E-state index contributed by atoms with van der Waals surface area (Å²) in [6, 6.07) is 4.99. The third kappa shape index (κ3) is 3.17. The van der Waals surface area contributed by atoms with Gasteiger partial charge in [0.15, 0.2) is 0 Å². The average Bonchev–Trinajstić information content (AvgIpc) is 2.84. The molecule has 1 aliphatic rings. The van der Waals surface area contributed by atoms with Gasteiger partial charge in [-0.1, -0.05) is 17.7 Å². The fraction of sp³-hybridized carbons (Fsp3) is 0.571. The summed E-state index contributed by atoms with van der Waals surface area (Å²) < 4.78 is 27.0. The van der Waals surface area contributed by atoms with Gasteiger partial charge in [-0.25, -0.2) is 8.42 Å². The second-order valence-corrected chi connectivity index (χ2v) is 7.48. The van der Waals surface area contributed by atoms with E-state index in [2.05, 4.69) is 0 Å². The first kappa shape index (κ1) is 15.8. The molecule has 0 saturated carbocycles. The monoisotopic (exact) mass is 317 g/mol. The number of benzene rings is 1. The summed E-state index contributed by atoms with van der Waals surface area (Å²) in [4.78, 5) is 0.181. The molecule has 20 heavy (non-hydrogen) atoms. The third-order valence-electron chi connectivity index (χ3n) is 3.69. The molecule has 0 bridgehead atoms. The first-order valence-corrected chi connectivity index (χ1v) is 8.67. The van der Waals surface area contributed by atoms with E-state index < -0.39 is 10.0 Å². The van der Waals surface area contributed by atoms with Crippen LogP contribution in [-0.4, -0.2) is 37.0 Å². The molecule has 1 saturated heterocycles. The molecule has 1 aromatic rings. The maximum atomic E-state index is 12.7. The van der Waals surface area contributed by atoms with E-state index in [1.165, 1.54) is 0 Å². The summed E-state index contributed by atoms with van der Waals surface area (Å²) in [6.45, 7) is 2.50. The van der Waals surface area contributed by atoms with E-state index in [0.717, 1.165) is 18.4 Å². The lowest BCUT2D eigenvalue weighted by Crippen LogP contribution is -2.35. The van der Waals surface area contributed by atoms with Crippen LogP contribution in [0, 0.1) is 6.92 Å². The lowest BCUT2D eigenvalue weighted by molar-refractivity contribution is 0.264. The van der Waals surface area contributed by atoms with Crippen LogP contribution >= 0.6 is 11.6 Å². The highest BCUT2D eigenvalue weighted by molar-refractivity contribution is 7.89. The van der Waals surface area contributed by atoms with Crippen LogP contribution in [0.5, 0.6) is 0 Å². The minimum absolute atomic E-state index is 0.0236. The molecule has 0 amide bonds. The Hall–Kier alpha value is -0.620. The highest BCUT2D eigenvalue weighted by Crippen LogP contribution is 2.32. The second-order valence-electron chi connectivity index (χ2n) is 5.21. The Morgan fingerprint density at radius 3 is 2.85 bits per heavy atom. The van der Waals surface area contributed by atoms with Crippen LogP contribution < -0.4 is 0 Å². The van der Waals surface area contributed by atoms with Crippen molar-refractivity contribution in [1.82, 2.24) is 4.31 Å². The fourth-order valence-electron chi connectivity index (χ4n) is 2.68. The molecule has 4 nitrogen and oxygen atoms in total. The number of aliphatic hydroxyl groups is 1. The molecular weight excluding hydrogens is 298 g/mol. The van der Waals surface area contributed by atoms with Gasteiger partial charge >= 0.3 is 0 Å². The van der Waals surface area contributed by atoms with Crippen LogP contribution in [0.4, 0.5) is 0 Å². The zero-order valence-corrected chi connectivity index (χ0v) is 13.1. The van der Waals surface area contributed by atoms with E-state index >= 15 is 0 Å². The number of sulfonamides is 1. The molecule has 1 atom stereocenters. The fourth-order valence-corrected chi connectivity index (χ4v) is 4.98. The first-order chi connectivity index (χ1) is 9.46. The second kappa shape index (κ2) is 6.43. The molecular formula is C14H20ClNO3S. The molecule has 0 aromatic heterocycles. The predicted molar refractivity (Wildman–Crippen MR) is 79.4 cm³/mol. The van der Waals surface area contributed by atoms with E-state index in [1.807, 2.05) is 6.92 Å². The molecule has 0 aliphatic carbocycles. The van der Waals surface area contributed by atoms with Gasteiger partial charge in [-0.2, -0.15) is 4.31 Å². The predicted octanol–water partition coefficient (Wildman–Crippen LogP) is 2.57. The number of halogens is 1. The molecule has 6 heteroatoms. The number of nitrogens with zero attached hydrogens (tertiary/aromatic N) is 1. The summed E-state index contributed by atoms with van der Waals surface area (Å²) in [6.07, 6.45) is 3.03. The van der Waals surface area contributed by atoms with Crippen LogP contribution in [0.15, 0.2) is 23.1 Å². The Bertz CT molecular complexity index is 574. The summed E-state index contributed by atoms with van der Waals surface area (Å²) in [5, 5.41) is 9.19. The smallest absolute Gasteiger partial charge is 0.244 e. The largest absolute Gasteiger partial charge is 0.396 e. The standard InChI is InChI=1S/C14H20ClNO3S/c1-11-6-7-14(13(15)10-11)20(18,19)16-8-2-4-12(16)5-3-9-17/h6-7,10,12,17H,2-5,8-9H2,1H3. The Morgan fingerprint density at radius 1 is 1.45 bits per heavy atom. The van der Waals surface area contributed by atoms with Gasteiger partial charge in [-0.3, -0.25) is 0 Å². The maximum Gasteiger partial charge on any atom is 0.244 e. The molecule has 2 rings (SSSR count). The molecule has 1 aliphatic heterocycles. The molecule has 0 spiro atoms. The van der Waals surface area contributed by atoms with E-state index in [1.54, 1.807) is 22.5 Å². The highest BCUT2D eigenvalue weighted by atomic mass is 35.5. The van der Waals surface area contributed by atoms with Crippen molar-refractivity contribution in [2.75, 3.05) is 13.2 Å². The minimum Gasteiger partial charge on any atom is -0.396 e. The molecule has 112 valence electrons. The SMILES string of the molecule is Cc1ccc(S(=O)(=O)N2CCCC2CCCO)c(Cl)c1. The Labute approximate surface area is 125 Å². The van der Waals surface area contributed by atoms with Crippen molar-refractivity contribution in [2.45, 2.75) is 43.5 Å². The van der Waals surface area contributed by atoms with Crippen molar-refractivity contribution >= 4 is 21.6 Å². The summed E-state index contributed by atoms with van der Waals surface area (Å²) >= 11 is 6.10. The van der Waals surface area contributed by atoms with Gasteiger partial charge in [0.05, 0.1) is 5.02 Å². The van der Waals surface area contributed by atoms with Crippen molar-refractivity contribution in [1.29, 1.82) is 0 Å². The Balaban J connectivity index is 2.29. The van der Waals surface area contributed by atoms with Crippen molar-refractivity contribution in [3.63, 3.8) is 0 Å². The normalized spacial score (nSPS) is 20.4. The quantitative estimate of drug-likeness (QED) is 0.908. The van der Waals surface area contributed by atoms with Crippen LogP contribution in [0.3, 0.4) is 0 Å². The van der Waals surface area contributed by atoms with Gasteiger partial charge in [-0.05, 0) is 50.3 Å². The van der Waals surface area contributed by atoms with Crippen LogP contribution in [0.25, 0.3) is 0 Å². The first-order valence-electron chi connectivity index (χ1n) is 6.85. The van der Waals surface area contributed by atoms with Gasteiger partial charge in [0.2, 0.25) is 10.0 Å². The van der Waals surface area contributed by atoms with Crippen molar-refractivity contribution in [3.05, 3.63) is 28.8 Å². The third-order valence-corrected chi connectivity index (χ3v) is 6.13. The molecule has 1 heterocycles. The lowest BCUT2D eigenvalue weighted by atomic mass is 10.1.